The van der Waals surface area contributed by atoms with E-state index >= 15 is 0 Å². The Labute approximate surface area is 90.1 Å². The molecule has 1 aliphatic heterocycles. The molecule has 1 heterocycles. The Balaban J connectivity index is 2.30. The number of aryl methyl sites for hydroxylation is 2. The van der Waals surface area contributed by atoms with Gasteiger partial charge in [0.05, 0.1) is 6.04 Å². The Hall–Kier alpha value is -1.51. The maximum atomic E-state index is 11.4. The summed E-state index contributed by atoms with van der Waals surface area (Å²) in [5, 5.41) is 2.97. The topological polar surface area (TPSA) is 32.3 Å². The second kappa shape index (κ2) is 3.57. The van der Waals surface area contributed by atoms with Gasteiger partial charge < -0.3 is 10.2 Å². The van der Waals surface area contributed by atoms with E-state index in [9.17, 15) is 4.79 Å². The zero-order chi connectivity index (χ0) is 11.0. The lowest BCUT2D eigenvalue weighted by Gasteiger charge is -2.13. The number of benzene rings is 1. The Morgan fingerprint density at radius 1 is 1.40 bits per heavy atom. The highest BCUT2D eigenvalue weighted by Crippen LogP contribution is 2.23. The summed E-state index contributed by atoms with van der Waals surface area (Å²) in [7, 11) is 1.82. The molecule has 1 unspecified atom stereocenters. The minimum absolute atomic E-state index is 0.0147. The van der Waals surface area contributed by atoms with Crippen molar-refractivity contribution in [3.05, 3.63) is 34.9 Å². The number of carbonyl (C=O) groups is 1. The minimum Gasteiger partial charge on any atom is -0.329 e. The molecule has 3 nitrogen and oxygen atoms in total. The number of nitrogens with zero attached hydrogens (tertiary/aromatic N) is 1. The van der Waals surface area contributed by atoms with E-state index in [2.05, 4.69) is 37.4 Å². The zero-order valence-corrected chi connectivity index (χ0v) is 9.37. The summed E-state index contributed by atoms with van der Waals surface area (Å²) < 4.78 is 0. The summed E-state index contributed by atoms with van der Waals surface area (Å²) in [5.74, 6) is 0. The molecule has 0 saturated carbocycles. The third-order valence-corrected chi connectivity index (χ3v) is 2.91. The highest BCUT2D eigenvalue weighted by molar-refractivity contribution is 5.77. The number of nitrogens with one attached hydrogen (secondary N) is 1. The fourth-order valence-electron chi connectivity index (χ4n) is 1.97. The predicted octanol–water partition coefficient (Wildman–Crippen LogP) is 2.00. The van der Waals surface area contributed by atoms with Crippen molar-refractivity contribution in [3.8, 4) is 0 Å². The molecular weight excluding hydrogens is 188 g/mol. The summed E-state index contributed by atoms with van der Waals surface area (Å²) in [6, 6.07) is 6.51. The van der Waals surface area contributed by atoms with Crippen LogP contribution in [0.3, 0.4) is 0 Å². The molecule has 0 aliphatic carbocycles. The molecule has 1 N–H and O–H groups in total. The van der Waals surface area contributed by atoms with Crippen molar-refractivity contribution in [2.45, 2.75) is 19.9 Å². The van der Waals surface area contributed by atoms with E-state index in [0.29, 0.717) is 0 Å². The minimum atomic E-state index is 0.0147. The molecule has 0 aromatic heterocycles. The number of urea groups is 1. The SMILES string of the molecule is Cc1ccc(C)c(C2CN(C)C(=O)N2)c1. The fraction of sp³-hybridized carbons (Fsp3) is 0.417. The molecular formula is C12H16N2O. The first-order chi connectivity index (χ1) is 7.08. The number of amides is 2. The van der Waals surface area contributed by atoms with Crippen molar-refractivity contribution >= 4 is 6.03 Å². The lowest BCUT2D eigenvalue weighted by Crippen LogP contribution is -2.24. The van der Waals surface area contributed by atoms with Crippen LogP contribution in [0.5, 0.6) is 0 Å². The number of likely N-dealkylation sites (N-methyl/N-ethyl adjacent to an activating group) is 1. The van der Waals surface area contributed by atoms with E-state index in [4.69, 9.17) is 0 Å². The van der Waals surface area contributed by atoms with E-state index in [-0.39, 0.29) is 12.1 Å². The zero-order valence-electron chi connectivity index (χ0n) is 9.37. The largest absolute Gasteiger partial charge is 0.329 e. The maximum absolute atomic E-state index is 11.4. The molecule has 0 bridgehead atoms. The monoisotopic (exact) mass is 204 g/mol. The second-order valence-electron chi connectivity index (χ2n) is 4.24. The first kappa shape index (κ1) is 10.0. The van der Waals surface area contributed by atoms with Crippen molar-refractivity contribution < 1.29 is 4.79 Å². The summed E-state index contributed by atoms with van der Waals surface area (Å²) in [6.07, 6.45) is 0. The molecule has 1 saturated heterocycles. The van der Waals surface area contributed by atoms with Gasteiger partial charge in [0.25, 0.3) is 0 Å². The molecule has 15 heavy (non-hydrogen) atoms. The molecule has 1 fully saturated rings. The van der Waals surface area contributed by atoms with Crippen LogP contribution in [0.4, 0.5) is 4.79 Å². The predicted molar refractivity (Wildman–Crippen MR) is 59.8 cm³/mol. The summed E-state index contributed by atoms with van der Waals surface area (Å²) in [5.41, 5.74) is 3.70. The van der Waals surface area contributed by atoms with Gasteiger partial charge >= 0.3 is 6.03 Å². The van der Waals surface area contributed by atoms with Crippen molar-refractivity contribution in [1.29, 1.82) is 0 Å². The van der Waals surface area contributed by atoms with Crippen LogP contribution in [0, 0.1) is 13.8 Å². The first-order valence-corrected chi connectivity index (χ1v) is 5.16. The Morgan fingerprint density at radius 3 is 2.73 bits per heavy atom. The van der Waals surface area contributed by atoms with Gasteiger partial charge in [-0.2, -0.15) is 0 Å². The van der Waals surface area contributed by atoms with E-state index in [0.717, 1.165) is 6.54 Å². The van der Waals surface area contributed by atoms with Crippen LogP contribution in [0.25, 0.3) is 0 Å². The normalized spacial score (nSPS) is 20.6. The Morgan fingerprint density at radius 2 is 2.13 bits per heavy atom. The van der Waals surface area contributed by atoms with Crippen molar-refractivity contribution in [2.24, 2.45) is 0 Å². The molecule has 1 aromatic carbocycles. The first-order valence-electron chi connectivity index (χ1n) is 5.16. The van der Waals surface area contributed by atoms with Gasteiger partial charge in [0, 0.05) is 13.6 Å². The van der Waals surface area contributed by atoms with Crippen molar-refractivity contribution in [2.75, 3.05) is 13.6 Å². The summed E-state index contributed by atoms with van der Waals surface area (Å²) in [4.78, 5) is 13.1. The van der Waals surface area contributed by atoms with Gasteiger partial charge in [0.15, 0.2) is 0 Å². The molecule has 0 radical (unpaired) electrons. The highest BCUT2D eigenvalue weighted by Gasteiger charge is 2.27. The van der Waals surface area contributed by atoms with Gasteiger partial charge in [-0.05, 0) is 25.0 Å². The number of hydrogen-bond donors (Lipinski definition) is 1. The summed E-state index contributed by atoms with van der Waals surface area (Å²) >= 11 is 0. The third-order valence-electron chi connectivity index (χ3n) is 2.91. The molecule has 0 spiro atoms. The van der Waals surface area contributed by atoms with Crippen LogP contribution in [0.2, 0.25) is 0 Å². The van der Waals surface area contributed by atoms with E-state index in [1.165, 1.54) is 16.7 Å². The Bertz CT molecular complexity index is 401. The number of hydrogen-bond acceptors (Lipinski definition) is 1. The lowest BCUT2D eigenvalue weighted by atomic mass is 9.99. The number of rotatable bonds is 1. The van der Waals surface area contributed by atoms with Crippen LogP contribution in [0.15, 0.2) is 18.2 Å². The van der Waals surface area contributed by atoms with E-state index < -0.39 is 0 Å². The van der Waals surface area contributed by atoms with Crippen molar-refractivity contribution in [3.63, 3.8) is 0 Å². The van der Waals surface area contributed by atoms with Crippen LogP contribution in [-0.4, -0.2) is 24.5 Å². The van der Waals surface area contributed by atoms with Gasteiger partial charge in [0.1, 0.15) is 0 Å². The maximum Gasteiger partial charge on any atom is 0.317 e. The quantitative estimate of drug-likeness (QED) is 0.745. The lowest BCUT2D eigenvalue weighted by molar-refractivity contribution is 0.226. The van der Waals surface area contributed by atoms with Crippen molar-refractivity contribution in [1.82, 2.24) is 10.2 Å². The van der Waals surface area contributed by atoms with Gasteiger partial charge in [-0.3, -0.25) is 0 Å². The third kappa shape index (κ3) is 1.82. The molecule has 1 aliphatic rings. The average molecular weight is 204 g/mol. The van der Waals surface area contributed by atoms with Gasteiger partial charge in [0.2, 0.25) is 0 Å². The average Bonchev–Trinajstić information content (AvgIpc) is 2.51. The fourth-order valence-corrected chi connectivity index (χ4v) is 1.97. The number of carbonyl (C=O) groups excluding carboxylic acids is 1. The highest BCUT2D eigenvalue weighted by atomic mass is 16.2. The van der Waals surface area contributed by atoms with Crippen LogP contribution < -0.4 is 5.32 Å². The molecule has 1 aromatic rings. The second-order valence-corrected chi connectivity index (χ2v) is 4.24. The standard InChI is InChI=1S/C12H16N2O/c1-8-4-5-9(2)10(6-8)11-7-14(3)12(15)13-11/h4-6,11H,7H2,1-3H3,(H,13,15). The molecule has 1 atom stereocenters. The van der Waals surface area contributed by atoms with E-state index in [1.807, 2.05) is 7.05 Å². The smallest absolute Gasteiger partial charge is 0.317 e. The van der Waals surface area contributed by atoms with Crippen LogP contribution in [-0.2, 0) is 0 Å². The molecule has 80 valence electrons. The molecule has 2 amide bonds. The molecule has 3 heteroatoms. The van der Waals surface area contributed by atoms with Crippen LogP contribution >= 0.6 is 0 Å². The Kier molecular flexibility index (Phi) is 2.39. The summed E-state index contributed by atoms with van der Waals surface area (Å²) in [6.45, 7) is 4.91. The van der Waals surface area contributed by atoms with Gasteiger partial charge in [-0.1, -0.05) is 23.8 Å². The van der Waals surface area contributed by atoms with E-state index in [1.54, 1.807) is 4.90 Å². The van der Waals surface area contributed by atoms with Gasteiger partial charge in [-0.15, -0.1) is 0 Å². The van der Waals surface area contributed by atoms with Gasteiger partial charge in [-0.25, -0.2) is 4.79 Å². The van der Waals surface area contributed by atoms with Crippen LogP contribution in [0.1, 0.15) is 22.7 Å². The molecule has 2 rings (SSSR count).